The number of hydrogen-bond donors (Lipinski definition) is 3. The number of alkyl halides is 1. The van der Waals surface area contributed by atoms with E-state index in [1.807, 2.05) is 66.7 Å². The van der Waals surface area contributed by atoms with Gasteiger partial charge in [-0.3, -0.25) is 9.89 Å². The molecule has 3 aromatic carbocycles. The molecule has 5 aromatic rings. The van der Waals surface area contributed by atoms with Crippen molar-refractivity contribution >= 4 is 45.3 Å². The summed E-state index contributed by atoms with van der Waals surface area (Å²) in [5.74, 6) is 0.955. The van der Waals surface area contributed by atoms with Gasteiger partial charge in [0, 0.05) is 34.5 Å². The molecule has 1 saturated carbocycles. The van der Waals surface area contributed by atoms with Gasteiger partial charge in [0.2, 0.25) is 5.91 Å². The van der Waals surface area contributed by atoms with E-state index in [1.165, 1.54) is 6.08 Å². The van der Waals surface area contributed by atoms with Crippen molar-refractivity contribution in [1.82, 2.24) is 25.5 Å². The lowest BCUT2D eigenvalue weighted by Gasteiger charge is -2.11. The monoisotopic (exact) mass is 464 g/mol. The number of aromatic amines is 1. The molecule has 2 atom stereocenters. The number of para-hydroxylation sites is 1. The van der Waals surface area contributed by atoms with Crippen LogP contribution in [0.5, 0.6) is 0 Å². The first-order valence-corrected chi connectivity index (χ1v) is 11.3. The van der Waals surface area contributed by atoms with Gasteiger partial charge >= 0.3 is 0 Å². The second-order valence-electron chi connectivity index (χ2n) is 8.54. The van der Waals surface area contributed by atoms with E-state index < -0.39 is 6.17 Å². The number of amides is 1. The van der Waals surface area contributed by atoms with E-state index in [2.05, 4.69) is 20.8 Å². The molecule has 2 unspecified atom stereocenters. The van der Waals surface area contributed by atoms with Crippen LogP contribution in [0.1, 0.15) is 12.0 Å². The fourth-order valence-corrected chi connectivity index (χ4v) is 3.96. The van der Waals surface area contributed by atoms with Crippen molar-refractivity contribution in [2.75, 3.05) is 5.32 Å². The zero-order chi connectivity index (χ0) is 23.8. The summed E-state index contributed by atoms with van der Waals surface area (Å²) in [6.07, 6.45) is 4.37. The predicted molar refractivity (Wildman–Crippen MR) is 135 cm³/mol. The number of carbonyl (C=O) groups excluding carboxylic acids is 1. The van der Waals surface area contributed by atoms with Crippen LogP contribution in [0.4, 0.5) is 15.9 Å². The van der Waals surface area contributed by atoms with Gasteiger partial charge in [-0.25, -0.2) is 14.4 Å². The molecule has 8 heteroatoms. The summed E-state index contributed by atoms with van der Waals surface area (Å²) in [4.78, 5) is 21.6. The fraction of sp³-hybridized carbons (Fsp3) is 0.111. The lowest BCUT2D eigenvalue weighted by Crippen LogP contribution is -2.24. The molecule has 0 saturated heterocycles. The predicted octanol–water partition coefficient (Wildman–Crippen LogP) is 5.16. The highest BCUT2D eigenvalue weighted by Gasteiger charge is 2.38. The van der Waals surface area contributed by atoms with Gasteiger partial charge in [0.05, 0.1) is 23.3 Å². The highest BCUT2D eigenvalue weighted by atomic mass is 19.1. The SMILES string of the molecule is O=C(/C=C/c1cccc(-c2nc(Nc3ccc4[nH]ncc4c3)c3ccccc3n2)c1)NC1CC1F. The first kappa shape index (κ1) is 21.0. The normalized spacial score (nSPS) is 17.2. The minimum Gasteiger partial charge on any atom is -0.347 e. The average molecular weight is 465 g/mol. The van der Waals surface area contributed by atoms with Crippen molar-refractivity contribution in [3.05, 3.63) is 84.6 Å². The number of carbonyl (C=O) groups is 1. The van der Waals surface area contributed by atoms with Gasteiger partial charge in [0.15, 0.2) is 5.82 Å². The third-order valence-electron chi connectivity index (χ3n) is 5.92. The number of H-pyrrole nitrogens is 1. The van der Waals surface area contributed by atoms with Gasteiger partial charge in [0.1, 0.15) is 12.0 Å². The number of anilines is 2. The lowest BCUT2D eigenvalue weighted by molar-refractivity contribution is -0.116. The average Bonchev–Trinajstić information content (AvgIpc) is 3.36. The topological polar surface area (TPSA) is 95.6 Å². The second kappa shape index (κ2) is 8.64. The lowest BCUT2D eigenvalue weighted by atomic mass is 10.1. The Bertz CT molecular complexity index is 1590. The van der Waals surface area contributed by atoms with Gasteiger partial charge in [-0.15, -0.1) is 0 Å². The summed E-state index contributed by atoms with van der Waals surface area (Å²) in [5, 5.41) is 15.0. The summed E-state index contributed by atoms with van der Waals surface area (Å²) in [5.41, 5.74) is 4.31. The highest BCUT2D eigenvalue weighted by Crippen LogP contribution is 2.29. The summed E-state index contributed by atoms with van der Waals surface area (Å²) in [6, 6.07) is 21.1. The first-order chi connectivity index (χ1) is 17.1. The number of benzene rings is 3. The Labute approximate surface area is 200 Å². The van der Waals surface area contributed by atoms with Crippen LogP contribution in [-0.2, 0) is 4.79 Å². The molecule has 0 radical (unpaired) electrons. The number of halogens is 1. The van der Waals surface area contributed by atoms with Crippen LogP contribution >= 0.6 is 0 Å². The van der Waals surface area contributed by atoms with E-state index >= 15 is 0 Å². The Morgan fingerprint density at radius 2 is 1.94 bits per heavy atom. The van der Waals surface area contributed by atoms with Crippen LogP contribution in [0, 0.1) is 0 Å². The van der Waals surface area contributed by atoms with E-state index in [-0.39, 0.29) is 11.9 Å². The van der Waals surface area contributed by atoms with Crippen LogP contribution in [0.15, 0.2) is 79.0 Å². The van der Waals surface area contributed by atoms with E-state index in [1.54, 1.807) is 12.3 Å². The molecule has 0 aliphatic heterocycles. The molecular formula is C27H21FN6O. The molecule has 0 bridgehead atoms. The molecule has 0 spiro atoms. The molecule has 1 aliphatic rings. The van der Waals surface area contributed by atoms with Gasteiger partial charge in [-0.1, -0.05) is 30.3 Å². The molecule has 7 nitrogen and oxygen atoms in total. The summed E-state index contributed by atoms with van der Waals surface area (Å²) < 4.78 is 13.0. The summed E-state index contributed by atoms with van der Waals surface area (Å²) in [6.45, 7) is 0. The van der Waals surface area contributed by atoms with Crippen molar-refractivity contribution < 1.29 is 9.18 Å². The number of aromatic nitrogens is 4. The number of nitrogens with one attached hydrogen (secondary N) is 3. The van der Waals surface area contributed by atoms with Crippen molar-refractivity contribution in [2.45, 2.75) is 18.6 Å². The molecule has 172 valence electrons. The molecule has 1 amide bonds. The van der Waals surface area contributed by atoms with Gasteiger partial charge < -0.3 is 10.6 Å². The van der Waals surface area contributed by atoms with E-state index in [0.29, 0.717) is 18.1 Å². The number of fused-ring (bicyclic) bond motifs is 2. The van der Waals surface area contributed by atoms with Crippen molar-refractivity contribution in [2.24, 2.45) is 0 Å². The summed E-state index contributed by atoms with van der Waals surface area (Å²) >= 11 is 0. The maximum absolute atomic E-state index is 13.0. The molecule has 1 fully saturated rings. The molecule has 2 aromatic heterocycles. The maximum Gasteiger partial charge on any atom is 0.244 e. The quantitative estimate of drug-likeness (QED) is 0.302. The second-order valence-corrected chi connectivity index (χ2v) is 8.54. The van der Waals surface area contributed by atoms with Crippen LogP contribution in [-0.4, -0.2) is 38.3 Å². The Kier molecular flexibility index (Phi) is 5.18. The van der Waals surface area contributed by atoms with Crippen molar-refractivity contribution in [3.63, 3.8) is 0 Å². The fourth-order valence-electron chi connectivity index (χ4n) is 3.96. The zero-order valence-corrected chi connectivity index (χ0v) is 18.6. The van der Waals surface area contributed by atoms with Gasteiger partial charge in [0.25, 0.3) is 0 Å². The maximum atomic E-state index is 13.0. The van der Waals surface area contributed by atoms with E-state index in [0.717, 1.165) is 38.6 Å². The van der Waals surface area contributed by atoms with Crippen molar-refractivity contribution in [1.29, 1.82) is 0 Å². The minimum absolute atomic E-state index is 0.302. The molecular weight excluding hydrogens is 443 g/mol. The molecule has 6 rings (SSSR count). The third-order valence-corrected chi connectivity index (χ3v) is 5.92. The zero-order valence-electron chi connectivity index (χ0n) is 18.6. The smallest absolute Gasteiger partial charge is 0.244 e. The number of rotatable bonds is 6. The first-order valence-electron chi connectivity index (χ1n) is 11.3. The van der Waals surface area contributed by atoms with E-state index in [4.69, 9.17) is 9.97 Å². The molecule has 3 N–H and O–H groups in total. The van der Waals surface area contributed by atoms with Crippen LogP contribution in [0.25, 0.3) is 39.3 Å². The Morgan fingerprint density at radius 3 is 2.83 bits per heavy atom. The molecule has 2 heterocycles. The van der Waals surface area contributed by atoms with Gasteiger partial charge in [-0.05, 0) is 48.0 Å². The van der Waals surface area contributed by atoms with Crippen LogP contribution < -0.4 is 10.6 Å². The van der Waals surface area contributed by atoms with Gasteiger partial charge in [-0.2, -0.15) is 5.10 Å². The standard InChI is InChI=1S/C27H21FN6O/c28-21-14-24(21)31-25(35)11-8-16-4-3-5-17(12-16)26-32-23-7-2-1-6-20(23)27(33-26)30-19-9-10-22-18(13-19)15-29-34-22/h1-13,15,21,24H,14H2,(H,29,34)(H,31,35)(H,30,32,33)/b11-8+. The molecule has 1 aliphatic carbocycles. The van der Waals surface area contributed by atoms with Crippen LogP contribution in [0.2, 0.25) is 0 Å². The number of hydrogen-bond acceptors (Lipinski definition) is 5. The summed E-state index contributed by atoms with van der Waals surface area (Å²) in [7, 11) is 0. The minimum atomic E-state index is -0.926. The van der Waals surface area contributed by atoms with Crippen LogP contribution in [0.3, 0.4) is 0 Å². The van der Waals surface area contributed by atoms with Crippen molar-refractivity contribution in [3.8, 4) is 11.4 Å². The Balaban J connectivity index is 1.32. The largest absolute Gasteiger partial charge is 0.347 e. The Morgan fingerprint density at radius 1 is 1.06 bits per heavy atom. The highest BCUT2D eigenvalue weighted by molar-refractivity contribution is 5.94. The third kappa shape index (κ3) is 4.46. The molecule has 35 heavy (non-hydrogen) atoms. The number of nitrogens with zero attached hydrogens (tertiary/aromatic N) is 3. The Hall–Kier alpha value is -4.59. The van der Waals surface area contributed by atoms with E-state index in [9.17, 15) is 9.18 Å².